The lowest BCUT2D eigenvalue weighted by Crippen LogP contribution is -2.40. The van der Waals surface area contributed by atoms with Gasteiger partial charge in [-0.25, -0.2) is 0 Å². The van der Waals surface area contributed by atoms with Gasteiger partial charge in [-0.2, -0.15) is 0 Å². The van der Waals surface area contributed by atoms with Crippen LogP contribution in [-0.4, -0.2) is 18.5 Å². The zero-order chi connectivity index (χ0) is 13.3. The second-order valence-electron chi connectivity index (χ2n) is 5.31. The first-order chi connectivity index (χ1) is 8.49. The summed E-state index contributed by atoms with van der Waals surface area (Å²) in [4.78, 5) is 13.6. The summed E-state index contributed by atoms with van der Waals surface area (Å²) in [5.41, 5.74) is 13.0. The Bertz CT molecular complexity index is 458. The standard InChI is InChI=1S/C14H21N3O/c1-9-5-6-17(10(2)7-9)11-3-4-13(15)12(8-11)14(16)18/h3-4,8-10H,5-7,15H2,1-2H3,(H2,16,18). The predicted octanol–water partition coefficient (Wildman–Crippen LogP) is 1.99. The molecular formula is C14H21N3O. The average molecular weight is 247 g/mol. The Balaban J connectivity index is 2.28. The second kappa shape index (κ2) is 4.88. The number of piperidine rings is 1. The van der Waals surface area contributed by atoms with Gasteiger partial charge in [0.05, 0.1) is 5.56 Å². The minimum atomic E-state index is -0.465. The fraction of sp³-hybridized carbons (Fsp3) is 0.500. The van der Waals surface area contributed by atoms with E-state index < -0.39 is 5.91 Å². The lowest BCUT2D eigenvalue weighted by molar-refractivity contribution is 0.100. The summed E-state index contributed by atoms with van der Waals surface area (Å²) in [5, 5.41) is 0. The van der Waals surface area contributed by atoms with Gasteiger partial charge in [0.15, 0.2) is 0 Å². The van der Waals surface area contributed by atoms with Gasteiger partial charge in [-0.3, -0.25) is 4.79 Å². The third-order valence-corrected chi connectivity index (χ3v) is 3.77. The maximum absolute atomic E-state index is 11.3. The van der Waals surface area contributed by atoms with Crippen LogP contribution in [0.3, 0.4) is 0 Å². The smallest absolute Gasteiger partial charge is 0.250 e. The normalized spacial score (nSPS) is 24.0. The third kappa shape index (κ3) is 2.42. The van der Waals surface area contributed by atoms with Gasteiger partial charge in [0.25, 0.3) is 5.91 Å². The van der Waals surface area contributed by atoms with Crippen molar-refractivity contribution in [1.29, 1.82) is 0 Å². The monoisotopic (exact) mass is 247 g/mol. The third-order valence-electron chi connectivity index (χ3n) is 3.77. The Morgan fingerprint density at radius 2 is 2.11 bits per heavy atom. The molecule has 2 atom stereocenters. The number of carbonyl (C=O) groups is 1. The number of nitrogen functional groups attached to an aromatic ring is 1. The largest absolute Gasteiger partial charge is 0.398 e. The topological polar surface area (TPSA) is 72.3 Å². The molecule has 4 N–H and O–H groups in total. The summed E-state index contributed by atoms with van der Waals surface area (Å²) in [6, 6.07) is 6.02. The highest BCUT2D eigenvalue weighted by atomic mass is 16.1. The van der Waals surface area contributed by atoms with Gasteiger partial charge in [-0.1, -0.05) is 6.92 Å². The van der Waals surface area contributed by atoms with Crippen LogP contribution in [0.5, 0.6) is 0 Å². The van der Waals surface area contributed by atoms with Crippen LogP contribution in [0, 0.1) is 5.92 Å². The lowest BCUT2D eigenvalue weighted by Gasteiger charge is -2.38. The van der Waals surface area contributed by atoms with E-state index in [2.05, 4.69) is 18.7 Å². The number of benzene rings is 1. The first-order valence-corrected chi connectivity index (χ1v) is 6.45. The number of primary amides is 1. The van der Waals surface area contributed by atoms with Crippen molar-refractivity contribution in [3.05, 3.63) is 23.8 Å². The molecule has 1 aromatic carbocycles. The highest BCUT2D eigenvalue weighted by molar-refractivity contribution is 5.99. The van der Waals surface area contributed by atoms with E-state index in [0.717, 1.165) is 18.2 Å². The van der Waals surface area contributed by atoms with Gasteiger partial charge >= 0.3 is 0 Å². The summed E-state index contributed by atoms with van der Waals surface area (Å²) in [6.45, 7) is 5.52. The molecule has 18 heavy (non-hydrogen) atoms. The van der Waals surface area contributed by atoms with E-state index in [-0.39, 0.29) is 0 Å². The number of anilines is 2. The minimum Gasteiger partial charge on any atom is -0.398 e. The molecule has 0 aliphatic carbocycles. The molecule has 1 amide bonds. The molecule has 1 aliphatic rings. The SMILES string of the molecule is CC1CCN(c2ccc(N)c(C(N)=O)c2)C(C)C1. The van der Waals surface area contributed by atoms with Gasteiger partial charge < -0.3 is 16.4 Å². The molecule has 0 radical (unpaired) electrons. The highest BCUT2D eigenvalue weighted by Crippen LogP contribution is 2.29. The molecule has 2 rings (SSSR count). The number of carbonyl (C=O) groups excluding carboxylic acids is 1. The Morgan fingerprint density at radius 1 is 1.39 bits per heavy atom. The fourth-order valence-corrected chi connectivity index (χ4v) is 2.73. The number of hydrogen-bond donors (Lipinski definition) is 2. The van der Waals surface area contributed by atoms with E-state index in [9.17, 15) is 4.79 Å². The first-order valence-electron chi connectivity index (χ1n) is 6.45. The van der Waals surface area contributed by atoms with Gasteiger partial charge in [-0.05, 0) is 43.9 Å². The van der Waals surface area contributed by atoms with Crippen molar-refractivity contribution in [2.24, 2.45) is 11.7 Å². The van der Waals surface area contributed by atoms with Crippen molar-refractivity contribution in [3.63, 3.8) is 0 Å². The molecule has 4 heteroatoms. The van der Waals surface area contributed by atoms with E-state index in [4.69, 9.17) is 11.5 Å². The van der Waals surface area contributed by atoms with E-state index in [1.54, 1.807) is 6.07 Å². The van der Waals surface area contributed by atoms with Crippen molar-refractivity contribution < 1.29 is 4.79 Å². The molecule has 0 bridgehead atoms. The van der Waals surface area contributed by atoms with Crippen LogP contribution in [0.1, 0.15) is 37.0 Å². The molecule has 98 valence electrons. The molecule has 1 heterocycles. The number of nitrogens with two attached hydrogens (primary N) is 2. The van der Waals surface area contributed by atoms with Crippen LogP contribution in [0.2, 0.25) is 0 Å². The molecule has 1 aromatic rings. The van der Waals surface area contributed by atoms with Crippen LogP contribution in [0.15, 0.2) is 18.2 Å². The van der Waals surface area contributed by atoms with Crippen LogP contribution >= 0.6 is 0 Å². The van der Waals surface area contributed by atoms with E-state index in [1.807, 2.05) is 12.1 Å². The molecule has 1 aliphatic heterocycles. The predicted molar refractivity (Wildman–Crippen MR) is 74.6 cm³/mol. The first kappa shape index (κ1) is 12.7. The van der Waals surface area contributed by atoms with Crippen LogP contribution in [0.25, 0.3) is 0 Å². The summed E-state index contributed by atoms with van der Waals surface area (Å²) in [6.07, 6.45) is 2.36. The van der Waals surface area contributed by atoms with Gasteiger partial charge in [-0.15, -0.1) is 0 Å². The van der Waals surface area contributed by atoms with Crippen LogP contribution in [0.4, 0.5) is 11.4 Å². The van der Waals surface area contributed by atoms with Crippen molar-refractivity contribution >= 4 is 17.3 Å². The molecule has 0 spiro atoms. The molecule has 1 fully saturated rings. The van der Waals surface area contributed by atoms with Crippen molar-refractivity contribution in [3.8, 4) is 0 Å². The number of hydrogen-bond acceptors (Lipinski definition) is 3. The lowest BCUT2D eigenvalue weighted by atomic mass is 9.92. The van der Waals surface area contributed by atoms with Crippen molar-refractivity contribution in [2.45, 2.75) is 32.7 Å². The zero-order valence-electron chi connectivity index (χ0n) is 11.0. The average Bonchev–Trinajstić information content (AvgIpc) is 2.30. The molecule has 0 aromatic heterocycles. The van der Waals surface area contributed by atoms with Crippen molar-refractivity contribution in [1.82, 2.24) is 0 Å². The Morgan fingerprint density at radius 3 is 2.72 bits per heavy atom. The maximum Gasteiger partial charge on any atom is 0.250 e. The van der Waals surface area contributed by atoms with Gasteiger partial charge in [0.2, 0.25) is 0 Å². The molecule has 4 nitrogen and oxygen atoms in total. The maximum atomic E-state index is 11.3. The fourth-order valence-electron chi connectivity index (χ4n) is 2.73. The number of amides is 1. The molecule has 1 saturated heterocycles. The zero-order valence-corrected chi connectivity index (χ0v) is 11.0. The van der Waals surface area contributed by atoms with Crippen LogP contribution < -0.4 is 16.4 Å². The molecule has 0 saturated carbocycles. The van der Waals surface area contributed by atoms with Gasteiger partial charge in [0.1, 0.15) is 0 Å². The summed E-state index contributed by atoms with van der Waals surface area (Å²) in [7, 11) is 0. The quantitative estimate of drug-likeness (QED) is 0.785. The van der Waals surface area contributed by atoms with E-state index in [1.165, 1.54) is 12.8 Å². The van der Waals surface area contributed by atoms with E-state index >= 15 is 0 Å². The minimum absolute atomic E-state index is 0.415. The Hall–Kier alpha value is -1.71. The summed E-state index contributed by atoms with van der Waals surface area (Å²) < 4.78 is 0. The van der Waals surface area contributed by atoms with Crippen LogP contribution in [-0.2, 0) is 0 Å². The van der Waals surface area contributed by atoms with E-state index in [0.29, 0.717) is 17.3 Å². The number of nitrogens with zero attached hydrogens (tertiary/aromatic N) is 1. The van der Waals surface area contributed by atoms with Crippen molar-refractivity contribution in [2.75, 3.05) is 17.2 Å². The Labute approximate surface area is 108 Å². The van der Waals surface area contributed by atoms with Gasteiger partial charge in [0, 0.05) is 24.0 Å². The summed E-state index contributed by atoms with van der Waals surface area (Å²) >= 11 is 0. The molecule has 2 unspecified atom stereocenters. The highest BCUT2D eigenvalue weighted by Gasteiger charge is 2.23. The summed E-state index contributed by atoms with van der Waals surface area (Å²) in [5.74, 6) is 0.299. The molecular weight excluding hydrogens is 226 g/mol. The second-order valence-corrected chi connectivity index (χ2v) is 5.31. The Kier molecular flexibility index (Phi) is 3.45. The number of rotatable bonds is 2.